The minimum atomic E-state index is -0.452. The SMILES string of the molecule is COC(=O)C[C@H](NC(=O)c1cccc(N2CCCC2=O)c1)c1cccs1. The summed E-state index contributed by atoms with van der Waals surface area (Å²) in [5, 5.41) is 4.79. The fraction of sp³-hybridized carbons (Fsp3) is 0.316. The van der Waals surface area contributed by atoms with Crippen LogP contribution in [0.25, 0.3) is 0 Å². The van der Waals surface area contributed by atoms with Crippen molar-refractivity contribution < 1.29 is 19.1 Å². The van der Waals surface area contributed by atoms with E-state index in [2.05, 4.69) is 5.32 Å². The zero-order valence-electron chi connectivity index (χ0n) is 14.4. The second-order valence-corrected chi connectivity index (χ2v) is 7.00. The summed E-state index contributed by atoms with van der Waals surface area (Å²) >= 11 is 1.47. The van der Waals surface area contributed by atoms with Gasteiger partial charge in [0.15, 0.2) is 0 Å². The molecule has 1 aromatic carbocycles. The average molecular weight is 372 g/mol. The molecule has 1 aliphatic rings. The van der Waals surface area contributed by atoms with Gasteiger partial charge in [0.2, 0.25) is 5.91 Å². The molecule has 0 radical (unpaired) electrons. The number of carbonyl (C=O) groups is 3. The van der Waals surface area contributed by atoms with Crippen molar-refractivity contribution in [1.29, 1.82) is 0 Å². The van der Waals surface area contributed by atoms with Gasteiger partial charge in [-0.25, -0.2) is 0 Å². The van der Waals surface area contributed by atoms with E-state index < -0.39 is 6.04 Å². The number of hydrogen-bond acceptors (Lipinski definition) is 5. The molecule has 2 amide bonds. The normalized spacial score (nSPS) is 15.0. The Hall–Kier alpha value is -2.67. The number of methoxy groups -OCH3 is 1. The summed E-state index contributed by atoms with van der Waals surface area (Å²) in [5.41, 5.74) is 1.18. The summed E-state index contributed by atoms with van der Waals surface area (Å²) in [4.78, 5) is 38.9. The van der Waals surface area contributed by atoms with Gasteiger partial charge in [-0.15, -0.1) is 11.3 Å². The van der Waals surface area contributed by atoms with E-state index in [4.69, 9.17) is 4.74 Å². The summed E-state index contributed by atoms with van der Waals surface area (Å²) in [7, 11) is 1.33. The molecule has 2 heterocycles. The maximum Gasteiger partial charge on any atom is 0.307 e. The Balaban J connectivity index is 1.77. The van der Waals surface area contributed by atoms with Crippen LogP contribution in [0.15, 0.2) is 41.8 Å². The predicted molar refractivity (Wildman–Crippen MR) is 99.2 cm³/mol. The lowest BCUT2D eigenvalue weighted by molar-refractivity contribution is -0.141. The van der Waals surface area contributed by atoms with Crippen LogP contribution in [0.3, 0.4) is 0 Å². The average Bonchev–Trinajstić information content (AvgIpc) is 3.32. The second kappa shape index (κ2) is 8.14. The van der Waals surface area contributed by atoms with Crippen molar-refractivity contribution in [2.24, 2.45) is 0 Å². The van der Waals surface area contributed by atoms with Crippen LogP contribution in [0.4, 0.5) is 5.69 Å². The zero-order valence-corrected chi connectivity index (χ0v) is 15.3. The number of rotatable bonds is 6. The van der Waals surface area contributed by atoms with Crippen molar-refractivity contribution in [1.82, 2.24) is 5.32 Å². The van der Waals surface area contributed by atoms with Crippen LogP contribution in [0.2, 0.25) is 0 Å². The molecule has 1 saturated heterocycles. The van der Waals surface area contributed by atoms with Crippen LogP contribution in [0.1, 0.15) is 40.5 Å². The molecule has 2 aromatic rings. The molecule has 26 heavy (non-hydrogen) atoms. The van der Waals surface area contributed by atoms with E-state index in [1.807, 2.05) is 23.6 Å². The number of benzene rings is 1. The van der Waals surface area contributed by atoms with Crippen molar-refractivity contribution in [2.45, 2.75) is 25.3 Å². The first-order valence-electron chi connectivity index (χ1n) is 8.40. The van der Waals surface area contributed by atoms with E-state index in [9.17, 15) is 14.4 Å². The van der Waals surface area contributed by atoms with Crippen LogP contribution in [-0.4, -0.2) is 31.4 Å². The third-order valence-corrected chi connectivity index (χ3v) is 5.27. The van der Waals surface area contributed by atoms with Crippen LogP contribution in [0, 0.1) is 0 Å². The molecule has 7 heteroatoms. The van der Waals surface area contributed by atoms with Crippen molar-refractivity contribution >= 4 is 34.8 Å². The van der Waals surface area contributed by atoms with Gasteiger partial charge in [-0.1, -0.05) is 12.1 Å². The Morgan fingerprint density at radius 2 is 2.15 bits per heavy atom. The van der Waals surface area contributed by atoms with E-state index in [0.717, 1.165) is 17.0 Å². The second-order valence-electron chi connectivity index (χ2n) is 6.02. The smallest absolute Gasteiger partial charge is 0.307 e. The Morgan fingerprint density at radius 3 is 2.81 bits per heavy atom. The predicted octanol–water partition coefficient (Wildman–Crippen LogP) is 2.91. The molecule has 3 rings (SSSR count). The number of ether oxygens (including phenoxy) is 1. The summed E-state index contributed by atoms with van der Waals surface area (Å²) in [6.07, 6.45) is 1.43. The van der Waals surface area contributed by atoms with Gasteiger partial charge in [-0.2, -0.15) is 0 Å². The molecule has 6 nitrogen and oxygen atoms in total. The van der Waals surface area contributed by atoms with Gasteiger partial charge < -0.3 is 15.0 Å². The molecular formula is C19H20N2O4S. The van der Waals surface area contributed by atoms with Gasteiger partial charge >= 0.3 is 5.97 Å². The van der Waals surface area contributed by atoms with Gasteiger partial charge in [0.05, 0.1) is 19.6 Å². The Labute approximate surface area is 155 Å². The van der Waals surface area contributed by atoms with Crippen LogP contribution in [-0.2, 0) is 14.3 Å². The van der Waals surface area contributed by atoms with Crippen LogP contribution in [0.5, 0.6) is 0 Å². The highest BCUT2D eigenvalue weighted by atomic mass is 32.1. The largest absolute Gasteiger partial charge is 0.469 e. The van der Waals surface area contributed by atoms with E-state index in [1.165, 1.54) is 18.4 Å². The number of amides is 2. The number of nitrogens with zero attached hydrogens (tertiary/aromatic N) is 1. The first-order valence-corrected chi connectivity index (χ1v) is 9.28. The molecule has 0 spiro atoms. The molecule has 0 unspecified atom stereocenters. The molecule has 1 aromatic heterocycles. The third-order valence-electron chi connectivity index (χ3n) is 4.28. The summed E-state index contributed by atoms with van der Waals surface area (Å²) in [5.74, 6) is -0.606. The number of carbonyl (C=O) groups excluding carboxylic acids is 3. The van der Waals surface area contributed by atoms with Gasteiger partial charge in [0.25, 0.3) is 5.91 Å². The van der Waals surface area contributed by atoms with Gasteiger partial charge in [0, 0.05) is 29.1 Å². The number of anilines is 1. The van der Waals surface area contributed by atoms with E-state index >= 15 is 0 Å². The highest BCUT2D eigenvalue weighted by Crippen LogP contribution is 2.25. The number of esters is 1. The van der Waals surface area contributed by atoms with Crippen LogP contribution >= 0.6 is 11.3 Å². The molecule has 1 atom stereocenters. The van der Waals surface area contributed by atoms with Crippen molar-refractivity contribution in [3.05, 3.63) is 52.2 Å². The van der Waals surface area contributed by atoms with Gasteiger partial charge in [0.1, 0.15) is 0 Å². The lowest BCUT2D eigenvalue weighted by atomic mass is 10.1. The highest BCUT2D eigenvalue weighted by Gasteiger charge is 2.24. The fourth-order valence-corrected chi connectivity index (χ4v) is 3.72. The molecule has 1 N–H and O–H groups in total. The monoisotopic (exact) mass is 372 g/mol. The molecule has 0 aliphatic carbocycles. The number of hydrogen-bond donors (Lipinski definition) is 1. The van der Waals surface area contributed by atoms with Gasteiger partial charge in [-0.05, 0) is 36.1 Å². The van der Waals surface area contributed by atoms with Crippen molar-refractivity contribution in [3.8, 4) is 0 Å². The quantitative estimate of drug-likeness (QED) is 0.791. The van der Waals surface area contributed by atoms with E-state index in [-0.39, 0.29) is 24.2 Å². The molecule has 1 aliphatic heterocycles. The topological polar surface area (TPSA) is 75.7 Å². The molecule has 0 bridgehead atoms. The minimum Gasteiger partial charge on any atom is -0.469 e. The summed E-state index contributed by atoms with van der Waals surface area (Å²) < 4.78 is 4.73. The van der Waals surface area contributed by atoms with Gasteiger partial charge in [-0.3, -0.25) is 14.4 Å². The van der Waals surface area contributed by atoms with E-state index in [1.54, 1.807) is 23.1 Å². The minimum absolute atomic E-state index is 0.0626. The molecule has 136 valence electrons. The number of nitrogens with one attached hydrogen (secondary N) is 1. The van der Waals surface area contributed by atoms with Crippen LogP contribution < -0.4 is 10.2 Å². The molecular weight excluding hydrogens is 352 g/mol. The Morgan fingerprint density at radius 1 is 1.31 bits per heavy atom. The lowest BCUT2D eigenvalue weighted by Gasteiger charge is -2.19. The van der Waals surface area contributed by atoms with E-state index in [0.29, 0.717) is 18.5 Å². The maximum absolute atomic E-state index is 12.7. The maximum atomic E-state index is 12.7. The Bertz CT molecular complexity index is 804. The standard InChI is InChI=1S/C19H20N2O4S/c1-25-18(23)12-15(16-7-4-10-26-16)20-19(24)13-5-2-6-14(11-13)21-9-3-8-17(21)22/h2,4-7,10-11,15H,3,8-9,12H2,1H3,(H,20,24)/t15-/m0/s1. The summed E-state index contributed by atoms with van der Waals surface area (Å²) in [6, 6.07) is 10.3. The third kappa shape index (κ3) is 4.11. The number of thiophene rings is 1. The first-order chi connectivity index (χ1) is 12.6. The molecule has 1 fully saturated rings. The first kappa shape index (κ1) is 18.1. The highest BCUT2D eigenvalue weighted by molar-refractivity contribution is 7.10. The fourth-order valence-electron chi connectivity index (χ4n) is 2.94. The Kier molecular flexibility index (Phi) is 5.68. The lowest BCUT2D eigenvalue weighted by Crippen LogP contribution is -2.30. The molecule has 0 saturated carbocycles. The van der Waals surface area contributed by atoms with Crippen molar-refractivity contribution in [3.63, 3.8) is 0 Å². The summed E-state index contributed by atoms with van der Waals surface area (Å²) in [6.45, 7) is 0.671. The van der Waals surface area contributed by atoms with Crippen molar-refractivity contribution in [2.75, 3.05) is 18.6 Å². The zero-order chi connectivity index (χ0) is 18.5.